The molecule has 0 aliphatic carbocycles. The molecule has 19 heavy (non-hydrogen) atoms. The van der Waals surface area contributed by atoms with Crippen LogP contribution < -0.4 is 5.32 Å². The van der Waals surface area contributed by atoms with Gasteiger partial charge in [-0.25, -0.2) is 4.98 Å². The van der Waals surface area contributed by atoms with E-state index in [4.69, 9.17) is 0 Å². The van der Waals surface area contributed by atoms with E-state index >= 15 is 0 Å². The molecule has 1 atom stereocenters. The van der Waals surface area contributed by atoms with Gasteiger partial charge in [0.1, 0.15) is 0 Å². The molecule has 5 heteroatoms. The minimum Gasteiger partial charge on any atom is -0.394 e. The fourth-order valence-corrected chi connectivity index (χ4v) is 2.89. The second kappa shape index (κ2) is 7.03. The zero-order chi connectivity index (χ0) is 13.7. The van der Waals surface area contributed by atoms with Crippen molar-refractivity contribution in [3.05, 3.63) is 34.1 Å². The first-order valence-electron chi connectivity index (χ1n) is 6.31. The minimum atomic E-state index is 0.0916. The Morgan fingerprint density at radius 1 is 1.37 bits per heavy atom. The Morgan fingerprint density at radius 3 is 2.74 bits per heavy atom. The van der Waals surface area contributed by atoms with Crippen LogP contribution in [0.25, 0.3) is 11.3 Å². The summed E-state index contributed by atoms with van der Waals surface area (Å²) >= 11 is 5.00. The summed E-state index contributed by atoms with van der Waals surface area (Å²) in [5, 5.41) is 15.5. The lowest BCUT2D eigenvalue weighted by Gasteiger charge is -2.13. The van der Waals surface area contributed by atoms with Crippen molar-refractivity contribution in [1.29, 1.82) is 0 Å². The second-order valence-corrected chi connectivity index (χ2v) is 6.13. The van der Waals surface area contributed by atoms with Crippen LogP contribution >= 0.6 is 27.3 Å². The molecule has 1 aromatic carbocycles. The predicted molar refractivity (Wildman–Crippen MR) is 84.7 cm³/mol. The number of halogens is 1. The van der Waals surface area contributed by atoms with Crippen LogP contribution in [0.3, 0.4) is 0 Å². The molecule has 0 amide bonds. The Hall–Kier alpha value is -0.910. The minimum absolute atomic E-state index is 0.0916. The number of aliphatic hydroxyl groups excluding tert-OH is 1. The molecule has 0 saturated heterocycles. The summed E-state index contributed by atoms with van der Waals surface area (Å²) in [5.41, 5.74) is 2.07. The molecule has 0 spiro atoms. The molecule has 1 heterocycles. The summed E-state index contributed by atoms with van der Waals surface area (Å²) in [6, 6.07) is 8.19. The number of benzene rings is 1. The van der Waals surface area contributed by atoms with Crippen molar-refractivity contribution < 1.29 is 5.11 Å². The van der Waals surface area contributed by atoms with Crippen molar-refractivity contribution in [2.75, 3.05) is 11.9 Å². The predicted octanol–water partition coefficient (Wildman–Crippen LogP) is 4.15. The van der Waals surface area contributed by atoms with Crippen molar-refractivity contribution in [3.63, 3.8) is 0 Å². The molecular formula is C14H17BrN2OS. The fraction of sp³-hybridized carbons (Fsp3) is 0.357. The Kier molecular flexibility index (Phi) is 5.36. The van der Waals surface area contributed by atoms with Gasteiger partial charge in [-0.05, 0) is 18.6 Å². The molecule has 102 valence electrons. The lowest BCUT2D eigenvalue weighted by Crippen LogP contribution is -2.23. The molecule has 2 aromatic rings. The number of hydrogen-bond acceptors (Lipinski definition) is 4. The Bertz CT molecular complexity index is 512. The van der Waals surface area contributed by atoms with Crippen LogP contribution in [-0.4, -0.2) is 22.7 Å². The van der Waals surface area contributed by atoms with Gasteiger partial charge in [-0.2, -0.15) is 0 Å². The van der Waals surface area contributed by atoms with E-state index in [2.05, 4.69) is 33.2 Å². The van der Waals surface area contributed by atoms with Crippen molar-refractivity contribution in [1.82, 2.24) is 4.98 Å². The third-order valence-corrected chi connectivity index (χ3v) is 4.13. The molecule has 0 fully saturated rings. The van der Waals surface area contributed by atoms with E-state index in [-0.39, 0.29) is 12.6 Å². The first-order chi connectivity index (χ1) is 9.22. The molecule has 0 bridgehead atoms. The van der Waals surface area contributed by atoms with Crippen molar-refractivity contribution in [3.8, 4) is 11.3 Å². The first kappa shape index (κ1) is 14.5. The average molecular weight is 341 g/mol. The summed E-state index contributed by atoms with van der Waals surface area (Å²) < 4.78 is 1.06. The number of anilines is 1. The largest absolute Gasteiger partial charge is 0.394 e. The van der Waals surface area contributed by atoms with Crippen LogP contribution in [-0.2, 0) is 0 Å². The highest BCUT2D eigenvalue weighted by atomic mass is 79.9. The maximum absolute atomic E-state index is 9.28. The van der Waals surface area contributed by atoms with Gasteiger partial charge < -0.3 is 10.4 Å². The van der Waals surface area contributed by atoms with Gasteiger partial charge >= 0.3 is 0 Å². The molecular weight excluding hydrogens is 324 g/mol. The highest BCUT2D eigenvalue weighted by Crippen LogP contribution is 2.26. The normalized spacial score (nSPS) is 12.4. The molecule has 0 unspecified atom stereocenters. The summed E-state index contributed by atoms with van der Waals surface area (Å²) in [4.78, 5) is 4.56. The molecule has 3 nitrogen and oxygen atoms in total. The zero-order valence-corrected chi connectivity index (χ0v) is 13.2. The lowest BCUT2D eigenvalue weighted by atomic mass is 10.2. The fourth-order valence-electron chi connectivity index (χ4n) is 1.83. The summed E-state index contributed by atoms with van der Waals surface area (Å²) in [6.45, 7) is 2.25. The third kappa shape index (κ3) is 4.03. The Balaban J connectivity index is 2.08. The van der Waals surface area contributed by atoms with Crippen LogP contribution in [0.2, 0.25) is 0 Å². The maximum Gasteiger partial charge on any atom is 0.183 e. The van der Waals surface area contributed by atoms with Gasteiger partial charge in [0.2, 0.25) is 0 Å². The van der Waals surface area contributed by atoms with E-state index in [0.29, 0.717) is 0 Å². The van der Waals surface area contributed by atoms with Gasteiger partial charge in [-0.1, -0.05) is 41.4 Å². The number of hydrogen-bond donors (Lipinski definition) is 2. The molecule has 2 rings (SSSR count). The summed E-state index contributed by atoms with van der Waals surface area (Å²) in [7, 11) is 0. The number of rotatable bonds is 6. The SMILES string of the molecule is CCC[C@@H](CO)Nc1nc(-c2ccc(Br)cc2)cs1. The van der Waals surface area contributed by atoms with Crippen molar-refractivity contribution in [2.24, 2.45) is 0 Å². The van der Waals surface area contributed by atoms with Crippen LogP contribution in [0.1, 0.15) is 19.8 Å². The Labute approximate surface area is 125 Å². The quantitative estimate of drug-likeness (QED) is 0.830. The van der Waals surface area contributed by atoms with E-state index in [1.165, 1.54) is 0 Å². The zero-order valence-electron chi connectivity index (χ0n) is 10.8. The first-order valence-corrected chi connectivity index (χ1v) is 7.99. The molecule has 0 aliphatic rings. The number of nitrogens with zero attached hydrogens (tertiary/aromatic N) is 1. The standard InChI is InChI=1S/C14H17BrN2OS/c1-2-3-12(8-18)16-14-17-13(9-19-14)10-4-6-11(15)7-5-10/h4-7,9,12,18H,2-3,8H2,1H3,(H,16,17)/t12-/m0/s1. The van der Waals surface area contributed by atoms with Crippen LogP contribution in [0.5, 0.6) is 0 Å². The number of aliphatic hydroxyl groups is 1. The van der Waals surface area contributed by atoms with E-state index in [9.17, 15) is 5.11 Å². The van der Waals surface area contributed by atoms with Gasteiger partial charge in [0, 0.05) is 15.4 Å². The van der Waals surface area contributed by atoms with Gasteiger partial charge in [0.25, 0.3) is 0 Å². The highest BCUT2D eigenvalue weighted by Gasteiger charge is 2.09. The number of aromatic nitrogens is 1. The smallest absolute Gasteiger partial charge is 0.183 e. The highest BCUT2D eigenvalue weighted by molar-refractivity contribution is 9.10. The monoisotopic (exact) mass is 340 g/mol. The molecule has 0 aliphatic heterocycles. The third-order valence-electron chi connectivity index (χ3n) is 2.83. The van der Waals surface area contributed by atoms with Crippen LogP contribution in [0.15, 0.2) is 34.1 Å². The topological polar surface area (TPSA) is 45.1 Å². The lowest BCUT2D eigenvalue weighted by molar-refractivity contribution is 0.268. The van der Waals surface area contributed by atoms with Gasteiger partial charge in [-0.15, -0.1) is 11.3 Å². The van der Waals surface area contributed by atoms with Crippen LogP contribution in [0.4, 0.5) is 5.13 Å². The number of thiazole rings is 1. The van der Waals surface area contributed by atoms with Gasteiger partial charge in [0.05, 0.1) is 18.3 Å². The summed E-state index contributed by atoms with van der Waals surface area (Å²) in [5.74, 6) is 0. The molecule has 2 N–H and O–H groups in total. The van der Waals surface area contributed by atoms with Crippen LogP contribution in [0, 0.1) is 0 Å². The second-order valence-electron chi connectivity index (χ2n) is 4.36. The summed E-state index contributed by atoms with van der Waals surface area (Å²) in [6.07, 6.45) is 1.99. The van der Waals surface area contributed by atoms with Crippen molar-refractivity contribution in [2.45, 2.75) is 25.8 Å². The number of nitrogens with one attached hydrogen (secondary N) is 1. The van der Waals surface area contributed by atoms with Crippen molar-refractivity contribution >= 4 is 32.4 Å². The maximum atomic E-state index is 9.28. The molecule has 0 saturated carbocycles. The average Bonchev–Trinajstić information content (AvgIpc) is 2.87. The Morgan fingerprint density at radius 2 is 2.11 bits per heavy atom. The van der Waals surface area contributed by atoms with Gasteiger partial charge in [0.15, 0.2) is 5.13 Å². The molecule has 1 aromatic heterocycles. The van der Waals surface area contributed by atoms with Gasteiger partial charge in [-0.3, -0.25) is 0 Å². The van der Waals surface area contributed by atoms with E-state index in [1.54, 1.807) is 11.3 Å². The molecule has 0 radical (unpaired) electrons. The van der Waals surface area contributed by atoms with E-state index in [1.807, 2.05) is 29.6 Å². The van der Waals surface area contributed by atoms with E-state index in [0.717, 1.165) is 33.7 Å². The van der Waals surface area contributed by atoms with E-state index < -0.39 is 0 Å².